The number of aromatic nitrogens is 1. The topological polar surface area (TPSA) is 39.1 Å². The van der Waals surface area contributed by atoms with Crippen molar-refractivity contribution in [2.45, 2.75) is 45.6 Å². The van der Waals surface area contributed by atoms with Crippen LogP contribution in [0.1, 0.15) is 66.8 Å². The van der Waals surface area contributed by atoms with E-state index < -0.39 is 0 Å². The Morgan fingerprint density at radius 1 is 1.14 bits per heavy atom. The Bertz CT molecular complexity index is 1480. The SMILES string of the molecule is C=CC(=O)c1cn2c(cc1=O)/C1=C(c3cccc(F)c3)/C(c3cccc(CC)c3)=C/CCCC1CC2.[HH]. The molecule has 4 heteroatoms. The molecular weight excluding hydrogens is 449 g/mol. The van der Waals surface area contributed by atoms with Gasteiger partial charge in [0.05, 0.1) is 5.56 Å². The molecule has 2 aliphatic rings. The first-order valence-electron chi connectivity index (χ1n) is 12.7. The Morgan fingerprint density at radius 2 is 1.94 bits per heavy atom. The van der Waals surface area contributed by atoms with Crippen molar-refractivity contribution in [2.75, 3.05) is 0 Å². The minimum atomic E-state index is -0.369. The van der Waals surface area contributed by atoms with Crippen LogP contribution in [-0.2, 0) is 13.0 Å². The first-order chi connectivity index (χ1) is 17.5. The smallest absolute Gasteiger partial charge is 0.193 e. The van der Waals surface area contributed by atoms with Gasteiger partial charge in [-0.05, 0) is 89.6 Å². The van der Waals surface area contributed by atoms with Crippen molar-refractivity contribution >= 4 is 22.5 Å². The molecule has 1 aromatic heterocycles. The van der Waals surface area contributed by atoms with E-state index in [1.807, 2.05) is 10.6 Å². The van der Waals surface area contributed by atoms with Gasteiger partial charge in [-0.25, -0.2) is 4.39 Å². The van der Waals surface area contributed by atoms with E-state index in [9.17, 15) is 14.0 Å². The normalized spacial score (nSPS) is 20.8. The Kier molecular flexibility index (Phi) is 6.69. The number of hydrogen-bond donors (Lipinski definition) is 0. The molecule has 0 saturated carbocycles. The van der Waals surface area contributed by atoms with E-state index in [1.165, 1.54) is 17.7 Å². The van der Waals surface area contributed by atoms with Gasteiger partial charge in [-0.2, -0.15) is 0 Å². The fourth-order valence-electron chi connectivity index (χ4n) is 5.59. The molecule has 1 aliphatic carbocycles. The van der Waals surface area contributed by atoms with Crippen LogP contribution in [0.2, 0.25) is 0 Å². The number of halogens is 1. The molecule has 36 heavy (non-hydrogen) atoms. The van der Waals surface area contributed by atoms with Crippen molar-refractivity contribution in [3.63, 3.8) is 0 Å². The van der Waals surface area contributed by atoms with Crippen LogP contribution in [0.4, 0.5) is 4.39 Å². The second-order valence-electron chi connectivity index (χ2n) is 9.59. The van der Waals surface area contributed by atoms with Crippen molar-refractivity contribution < 1.29 is 10.6 Å². The molecule has 0 bridgehead atoms. The zero-order valence-corrected chi connectivity index (χ0v) is 20.6. The summed E-state index contributed by atoms with van der Waals surface area (Å²) in [7, 11) is 0. The largest absolute Gasteiger partial charge is 0.347 e. The van der Waals surface area contributed by atoms with Gasteiger partial charge in [-0.3, -0.25) is 9.59 Å². The number of carbonyl (C=O) groups is 1. The highest BCUT2D eigenvalue weighted by molar-refractivity contribution is 6.15. The lowest BCUT2D eigenvalue weighted by Gasteiger charge is -2.34. The van der Waals surface area contributed by atoms with Crippen LogP contribution in [0.25, 0.3) is 16.7 Å². The van der Waals surface area contributed by atoms with E-state index in [-0.39, 0.29) is 29.9 Å². The molecule has 3 aromatic rings. The number of fused-ring (bicyclic) bond motifs is 3. The number of nitrogens with zero attached hydrogens (tertiary/aromatic N) is 1. The predicted molar refractivity (Wildman–Crippen MR) is 146 cm³/mol. The average Bonchev–Trinajstić information content (AvgIpc) is 2.88. The molecule has 0 spiro atoms. The van der Waals surface area contributed by atoms with Crippen molar-refractivity contribution in [1.29, 1.82) is 0 Å². The quantitative estimate of drug-likeness (QED) is 0.282. The van der Waals surface area contributed by atoms with Crippen molar-refractivity contribution in [3.8, 4) is 0 Å². The molecule has 2 heterocycles. The summed E-state index contributed by atoms with van der Waals surface area (Å²) in [6.07, 6.45) is 9.92. The highest BCUT2D eigenvalue weighted by atomic mass is 19.1. The Balaban J connectivity index is 0.00000320. The Labute approximate surface area is 212 Å². The second-order valence-corrected chi connectivity index (χ2v) is 9.59. The van der Waals surface area contributed by atoms with Gasteiger partial charge in [0.25, 0.3) is 0 Å². The van der Waals surface area contributed by atoms with Gasteiger partial charge in [0.2, 0.25) is 0 Å². The zero-order valence-electron chi connectivity index (χ0n) is 20.6. The molecule has 0 fully saturated rings. The van der Waals surface area contributed by atoms with Crippen LogP contribution >= 0.6 is 0 Å². The van der Waals surface area contributed by atoms with Gasteiger partial charge in [0.15, 0.2) is 11.2 Å². The average molecular weight is 482 g/mol. The lowest BCUT2D eigenvalue weighted by molar-refractivity contribution is 0.104. The van der Waals surface area contributed by atoms with E-state index in [0.29, 0.717) is 0 Å². The maximum absolute atomic E-state index is 14.6. The summed E-state index contributed by atoms with van der Waals surface area (Å²) in [4.78, 5) is 25.4. The maximum Gasteiger partial charge on any atom is 0.193 e. The monoisotopic (exact) mass is 481 g/mol. The van der Waals surface area contributed by atoms with E-state index in [1.54, 1.807) is 24.4 Å². The lowest BCUT2D eigenvalue weighted by atomic mass is 9.75. The predicted octanol–water partition coefficient (Wildman–Crippen LogP) is 7.36. The summed E-state index contributed by atoms with van der Waals surface area (Å²) in [5.74, 6) is -0.422. The number of hydrogen-bond acceptors (Lipinski definition) is 2. The number of pyridine rings is 1. The molecule has 0 saturated heterocycles. The van der Waals surface area contributed by atoms with Crippen LogP contribution in [0, 0.1) is 11.7 Å². The Morgan fingerprint density at radius 3 is 2.72 bits per heavy atom. The van der Waals surface area contributed by atoms with Gasteiger partial charge in [-0.1, -0.05) is 56.0 Å². The van der Waals surface area contributed by atoms with E-state index in [4.69, 9.17) is 0 Å². The van der Waals surface area contributed by atoms with Crippen molar-refractivity contribution in [1.82, 2.24) is 4.57 Å². The van der Waals surface area contributed by atoms with E-state index in [2.05, 4.69) is 43.8 Å². The molecule has 1 atom stereocenters. The minimum absolute atomic E-state index is 0. The van der Waals surface area contributed by atoms with Gasteiger partial charge in [0, 0.05) is 25.9 Å². The number of allylic oxidation sites excluding steroid dienone is 5. The van der Waals surface area contributed by atoms with E-state index >= 15 is 0 Å². The van der Waals surface area contributed by atoms with E-state index in [0.717, 1.165) is 72.2 Å². The minimum Gasteiger partial charge on any atom is -0.347 e. The second kappa shape index (κ2) is 10.1. The van der Waals surface area contributed by atoms with Crippen LogP contribution in [0.3, 0.4) is 0 Å². The lowest BCUT2D eigenvalue weighted by Crippen LogP contribution is -2.26. The number of aryl methyl sites for hydroxylation is 2. The number of rotatable bonds is 5. The van der Waals surface area contributed by atoms with Gasteiger partial charge in [-0.15, -0.1) is 0 Å². The molecule has 5 rings (SSSR count). The molecule has 0 radical (unpaired) electrons. The fraction of sp³-hybridized carbons (Fsp3) is 0.250. The first-order valence-corrected chi connectivity index (χ1v) is 12.7. The molecule has 0 amide bonds. The van der Waals surface area contributed by atoms with Crippen LogP contribution in [-0.4, -0.2) is 10.4 Å². The first kappa shape index (κ1) is 23.9. The summed E-state index contributed by atoms with van der Waals surface area (Å²) in [5.41, 5.74) is 6.90. The molecule has 1 unspecified atom stereocenters. The highest BCUT2D eigenvalue weighted by Gasteiger charge is 2.31. The number of ketones is 1. The third-order valence-electron chi connectivity index (χ3n) is 7.38. The number of carbonyl (C=O) groups excluding carboxylic acids is 1. The molecule has 2 aromatic carbocycles. The molecule has 1 aliphatic heterocycles. The van der Waals surface area contributed by atoms with Crippen LogP contribution in [0.5, 0.6) is 0 Å². The van der Waals surface area contributed by atoms with Crippen molar-refractivity contribution in [2.24, 2.45) is 5.92 Å². The van der Waals surface area contributed by atoms with Gasteiger partial charge in [0.1, 0.15) is 5.82 Å². The fourth-order valence-corrected chi connectivity index (χ4v) is 5.59. The summed E-state index contributed by atoms with van der Waals surface area (Å²) in [6.45, 7) is 6.41. The highest BCUT2D eigenvalue weighted by Crippen LogP contribution is 2.46. The summed E-state index contributed by atoms with van der Waals surface area (Å²) in [5, 5.41) is 0. The Hall–Kier alpha value is -3.79. The van der Waals surface area contributed by atoms with Gasteiger partial charge < -0.3 is 4.57 Å². The number of benzene rings is 2. The standard InChI is InChI=1S/C32H30FNO2.H2/c1-3-21-9-7-11-23(17-21)26-14-6-5-10-22-15-16-34-20-27(29(35)4-2)30(36)19-28(34)32(22)31(26)24-12-8-13-25(33)18-24;/h4,7-9,11-14,17-20,22H,2-3,5-6,10,15-16H2,1H3;1H/b26-14+,32-31+;. The summed E-state index contributed by atoms with van der Waals surface area (Å²) < 4.78 is 16.6. The van der Waals surface area contributed by atoms with Crippen LogP contribution in [0.15, 0.2) is 84.3 Å². The molecule has 3 nitrogen and oxygen atoms in total. The molecular formula is C32H32FNO2. The van der Waals surface area contributed by atoms with Crippen LogP contribution < -0.4 is 5.43 Å². The maximum atomic E-state index is 14.6. The zero-order chi connectivity index (χ0) is 25.2. The van der Waals surface area contributed by atoms with Gasteiger partial charge >= 0.3 is 0 Å². The summed E-state index contributed by atoms with van der Waals surface area (Å²) >= 11 is 0. The van der Waals surface area contributed by atoms with Crippen molar-refractivity contribution in [3.05, 3.63) is 124 Å². The third kappa shape index (κ3) is 4.44. The molecule has 184 valence electrons. The molecule has 0 N–H and O–H groups in total. The summed E-state index contributed by atoms with van der Waals surface area (Å²) in [6, 6.07) is 16.9. The third-order valence-corrected chi connectivity index (χ3v) is 7.38.